The first-order valence-electron chi connectivity index (χ1n) is 9.33. The molecular formula is C22H23N3O4. The average Bonchev–Trinajstić information content (AvgIpc) is 3.26. The highest BCUT2D eigenvalue weighted by Gasteiger charge is 2.27. The zero-order valence-electron chi connectivity index (χ0n) is 15.8. The number of nitrogens with one attached hydrogen (secondary N) is 1. The minimum atomic E-state index is -1.70. The number of nitrogens with zero attached hydrogens (tertiary/aromatic N) is 2. The third kappa shape index (κ3) is 5.76. The summed E-state index contributed by atoms with van der Waals surface area (Å²) in [5, 5.41) is 21.9. The molecule has 0 fully saturated rings. The Hall–Kier alpha value is -3.45. The number of carbonyl (C=O) groups excluding carboxylic acids is 1. The van der Waals surface area contributed by atoms with Crippen molar-refractivity contribution in [1.82, 2.24) is 14.9 Å². The molecule has 1 heterocycles. The van der Waals surface area contributed by atoms with Crippen molar-refractivity contribution in [3.63, 3.8) is 0 Å². The number of amides is 1. The summed E-state index contributed by atoms with van der Waals surface area (Å²) < 4.78 is 1.97. The third-order valence-corrected chi connectivity index (χ3v) is 4.68. The number of aryl methyl sites for hydroxylation is 2. The van der Waals surface area contributed by atoms with Crippen molar-refractivity contribution in [3.8, 4) is 0 Å². The Morgan fingerprint density at radius 1 is 1.03 bits per heavy atom. The van der Waals surface area contributed by atoms with Crippen molar-refractivity contribution in [2.75, 3.05) is 0 Å². The van der Waals surface area contributed by atoms with Gasteiger partial charge in [0.25, 0.3) is 5.91 Å². The molecule has 7 nitrogen and oxygen atoms in total. The van der Waals surface area contributed by atoms with E-state index >= 15 is 0 Å². The normalized spacial score (nSPS) is 12.9. The van der Waals surface area contributed by atoms with Gasteiger partial charge >= 0.3 is 5.97 Å². The second-order valence-electron chi connectivity index (χ2n) is 6.80. The monoisotopic (exact) mass is 393 g/mol. The Morgan fingerprint density at radius 3 is 2.38 bits per heavy atom. The summed E-state index contributed by atoms with van der Waals surface area (Å²) >= 11 is 0. The number of carbonyl (C=O) groups is 2. The van der Waals surface area contributed by atoms with Crippen LogP contribution in [0.1, 0.15) is 21.5 Å². The van der Waals surface area contributed by atoms with E-state index in [1.54, 1.807) is 24.7 Å². The van der Waals surface area contributed by atoms with Gasteiger partial charge in [0.1, 0.15) is 0 Å². The fourth-order valence-corrected chi connectivity index (χ4v) is 3.03. The maximum atomic E-state index is 12.6. The van der Waals surface area contributed by atoms with Gasteiger partial charge in [-0.15, -0.1) is 0 Å². The number of benzene rings is 2. The number of carboxylic acids is 1. The number of rotatable bonds is 9. The van der Waals surface area contributed by atoms with Gasteiger partial charge < -0.3 is 20.1 Å². The summed E-state index contributed by atoms with van der Waals surface area (Å²) in [5.74, 6) is -1.80. The SMILES string of the molecule is O=C(N[C@H](Cc1ccccc1)[C@@H](O)C(=O)O)c1ccc(CCn2ccnc2)cc1. The maximum absolute atomic E-state index is 12.6. The Bertz CT molecular complexity index is 924. The zero-order valence-corrected chi connectivity index (χ0v) is 15.8. The minimum Gasteiger partial charge on any atom is -0.479 e. The molecule has 1 aromatic heterocycles. The number of aliphatic hydroxyl groups is 1. The Balaban J connectivity index is 1.64. The largest absolute Gasteiger partial charge is 0.479 e. The van der Waals surface area contributed by atoms with Gasteiger partial charge in [0.2, 0.25) is 0 Å². The first-order chi connectivity index (χ1) is 14.0. The van der Waals surface area contributed by atoms with Gasteiger partial charge in [-0.05, 0) is 36.1 Å². The molecule has 0 unspecified atom stereocenters. The van der Waals surface area contributed by atoms with Crippen LogP contribution in [0.4, 0.5) is 0 Å². The molecule has 0 spiro atoms. The molecular weight excluding hydrogens is 370 g/mol. The van der Waals surface area contributed by atoms with Gasteiger partial charge in [-0.1, -0.05) is 42.5 Å². The Morgan fingerprint density at radius 2 is 1.76 bits per heavy atom. The summed E-state index contributed by atoms with van der Waals surface area (Å²) in [5.41, 5.74) is 2.31. The fourth-order valence-electron chi connectivity index (χ4n) is 3.03. The molecule has 7 heteroatoms. The first-order valence-corrected chi connectivity index (χ1v) is 9.33. The summed E-state index contributed by atoms with van der Waals surface area (Å²) in [6.07, 6.45) is 4.68. The molecule has 2 atom stereocenters. The fraction of sp³-hybridized carbons (Fsp3) is 0.227. The van der Waals surface area contributed by atoms with Crippen LogP contribution in [0.15, 0.2) is 73.3 Å². The average molecular weight is 393 g/mol. The van der Waals surface area contributed by atoms with E-state index in [0.717, 1.165) is 24.1 Å². The summed E-state index contributed by atoms with van der Waals surface area (Å²) in [7, 11) is 0. The van der Waals surface area contributed by atoms with Crippen LogP contribution < -0.4 is 5.32 Å². The van der Waals surface area contributed by atoms with Crippen LogP contribution in [0, 0.1) is 0 Å². The van der Waals surface area contributed by atoms with Crippen molar-refractivity contribution in [1.29, 1.82) is 0 Å². The zero-order chi connectivity index (χ0) is 20.6. The number of aliphatic carboxylic acids is 1. The lowest BCUT2D eigenvalue weighted by molar-refractivity contribution is -0.148. The molecule has 0 saturated heterocycles. The highest BCUT2D eigenvalue weighted by Crippen LogP contribution is 2.10. The van der Waals surface area contributed by atoms with E-state index in [9.17, 15) is 19.8 Å². The van der Waals surface area contributed by atoms with Crippen molar-refractivity contribution in [2.24, 2.45) is 0 Å². The van der Waals surface area contributed by atoms with Crippen LogP contribution in [0.25, 0.3) is 0 Å². The molecule has 3 N–H and O–H groups in total. The number of aromatic nitrogens is 2. The second-order valence-corrected chi connectivity index (χ2v) is 6.80. The smallest absolute Gasteiger partial charge is 0.334 e. The highest BCUT2D eigenvalue weighted by atomic mass is 16.4. The van der Waals surface area contributed by atoms with Gasteiger partial charge in [0.15, 0.2) is 6.10 Å². The highest BCUT2D eigenvalue weighted by molar-refractivity contribution is 5.94. The van der Waals surface area contributed by atoms with E-state index < -0.39 is 24.0 Å². The van der Waals surface area contributed by atoms with Gasteiger partial charge in [0.05, 0.1) is 12.4 Å². The molecule has 0 aliphatic carbocycles. The Kier molecular flexibility index (Phi) is 6.76. The third-order valence-electron chi connectivity index (χ3n) is 4.68. The quantitative estimate of drug-likeness (QED) is 0.515. The maximum Gasteiger partial charge on any atom is 0.334 e. The van der Waals surface area contributed by atoms with E-state index in [-0.39, 0.29) is 6.42 Å². The van der Waals surface area contributed by atoms with Crippen LogP contribution in [0.3, 0.4) is 0 Å². The van der Waals surface area contributed by atoms with E-state index in [2.05, 4.69) is 10.3 Å². The molecule has 3 rings (SSSR count). The molecule has 29 heavy (non-hydrogen) atoms. The molecule has 0 radical (unpaired) electrons. The van der Waals surface area contributed by atoms with E-state index in [1.807, 2.05) is 53.2 Å². The lowest BCUT2D eigenvalue weighted by Gasteiger charge is -2.21. The van der Waals surface area contributed by atoms with Crippen LogP contribution in [-0.2, 0) is 24.2 Å². The minimum absolute atomic E-state index is 0.211. The molecule has 0 aliphatic rings. The van der Waals surface area contributed by atoms with Crippen LogP contribution >= 0.6 is 0 Å². The topological polar surface area (TPSA) is 104 Å². The lowest BCUT2D eigenvalue weighted by Crippen LogP contribution is -2.48. The number of carboxylic acid groups (broad SMARTS) is 1. The summed E-state index contributed by atoms with van der Waals surface area (Å²) in [4.78, 5) is 27.9. The summed E-state index contributed by atoms with van der Waals surface area (Å²) in [6.45, 7) is 0.787. The van der Waals surface area contributed by atoms with Crippen molar-refractivity contribution in [3.05, 3.63) is 90.0 Å². The summed E-state index contributed by atoms with van der Waals surface area (Å²) in [6, 6.07) is 15.3. The van der Waals surface area contributed by atoms with Gasteiger partial charge in [-0.25, -0.2) is 9.78 Å². The Labute approximate surface area is 168 Å². The lowest BCUT2D eigenvalue weighted by atomic mass is 10.0. The number of aliphatic hydroxyl groups excluding tert-OH is 1. The molecule has 0 bridgehead atoms. The van der Waals surface area contributed by atoms with Crippen LogP contribution in [0.2, 0.25) is 0 Å². The van der Waals surface area contributed by atoms with Crippen molar-refractivity contribution in [2.45, 2.75) is 31.5 Å². The predicted molar refractivity (Wildman–Crippen MR) is 107 cm³/mol. The van der Waals surface area contributed by atoms with E-state index in [4.69, 9.17) is 0 Å². The standard InChI is InChI=1S/C22H23N3O4/c26-20(22(28)29)19(14-17-4-2-1-3-5-17)24-21(27)18-8-6-16(7-9-18)10-12-25-13-11-23-15-25/h1-9,11,13,15,19-20,26H,10,12,14H2,(H,24,27)(H,28,29)/t19-,20-/m1/s1. The van der Waals surface area contributed by atoms with E-state index in [1.165, 1.54) is 0 Å². The van der Waals surface area contributed by atoms with Crippen molar-refractivity contribution >= 4 is 11.9 Å². The second kappa shape index (κ2) is 9.66. The van der Waals surface area contributed by atoms with Crippen molar-refractivity contribution < 1.29 is 19.8 Å². The molecule has 1 amide bonds. The number of hydrogen-bond donors (Lipinski definition) is 3. The van der Waals surface area contributed by atoms with Gasteiger partial charge in [-0.2, -0.15) is 0 Å². The molecule has 0 aliphatic heterocycles. The first kappa shape index (κ1) is 20.3. The van der Waals surface area contributed by atoms with Crippen LogP contribution in [-0.4, -0.2) is 43.8 Å². The molecule has 150 valence electrons. The molecule has 2 aromatic carbocycles. The van der Waals surface area contributed by atoms with Gasteiger partial charge in [0, 0.05) is 24.5 Å². The molecule has 3 aromatic rings. The number of hydrogen-bond acceptors (Lipinski definition) is 4. The predicted octanol–water partition coefficient (Wildman–Crippen LogP) is 1.91. The number of imidazole rings is 1. The molecule has 0 saturated carbocycles. The van der Waals surface area contributed by atoms with Crippen LogP contribution in [0.5, 0.6) is 0 Å². The van der Waals surface area contributed by atoms with Gasteiger partial charge in [-0.3, -0.25) is 4.79 Å². The van der Waals surface area contributed by atoms with E-state index in [0.29, 0.717) is 5.56 Å².